The van der Waals surface area contributed by atoms with Crippen molar-refractivity contribution < 1.29 is 4.79 Å². The molecule has 2 aromatic heterocycles. The van der Waals surface area contributed by atoms with Gasteiger partial charge in [0.2, 0.25) is 0 Å². The summed E-state index contributed by atoms with van der Waals surface area (Å²) in [6, 6.07) is 7.12. The van der Waals surface area contributed by atoms with E-state index in [9.17, 15) is 4.79 Å². The van der Waals surface area contributed by atoms with Gasteiger partial charge in [-0.3, -0.25) is 4.79 Å². The third kappa shape index (κ3) is 2.85. The van der Waals surface area contributed by atoms with Crippen molar-refractivity contribution in [2.24, 2.45) is 0 Å². The summed E-state index contributed by atoms with van der Waals surface area (Å²) in [7, 11) is 0. The topological polar surface area (TPSA) is 124 Å². The van der Waals surface area contributed by atoms with E-state index in [-0.39, 0.29) is 5.91 Å². The monoisotopic (exact) mass is 349 g/mol. The number of carbonyl (C=O) groups is 1. The highest BCUT2D eigenvalue weighted by Crippen LogP contribution is 2.26. The minimum absolute atomic E-state index is 0.00923. The van der Waals surface area contributed by atoms with Gasteiger partial charge in [-0.15, -0.1) is 0 Å². The molecule has 8 nitrogen and oxygen atoms in total. The first-order valence-electron chi connectivity index (χ1n) is 8.46. The van der Waals surface area contributed by atoms with Crippen LogP contribution in [0.4, 0.5) is 17.2 Å². The maximum Gasteiger partial charge on any atom is 0.270 e. The van der Waals surface area contributed by atoms with E-state index in [1.165, 1.54) is 12.5 Å². The molecule has 4 rings (SSSR count). The van der Waals surface area contributed by atoms with Crippen molar-refractivity contribution in [2.75, 3.05) is 24.1 Å². The van der Waals surface area contributed by atoms with Crippen LogP contribution in [0.15, 0.2) is 30.6 Å². The lowest BCUT2D eigenvalue weighted by Crippen LogP contribution is -2.27. The SMILES string of the molecule is N=Cc1cc(Nc2ncnc3[nH]c(C(=O)N4CCCC4)cc23)ccc1N. The van der Waals surface area contributed by atoms with E-state index in [2.05, 4.69) is 20.3 Å². The van der Waals surface area contributed by atoms with Crippen LogP contribution in [0.1, 0.15) is 28.9 Å². The lowest BCUT2D eigenvalue weighted by atomic mass is 10.1. The van der Waals surface area contributed by atoms with Crippen molar-refractivity contribution in [3.8, 4) is 0 Å². The normalized spacial score (nSPS) is 13.9. The Kier molecular flexibility index (Phi) is 4.00. The van der Waals surface area contributed by atoms with Crippen molar-refractivity contribution in [1.29, 1.82) is 5.41 Å². The van der Waals surface area contributed by atoms with Gasteiger partial charge in [0.1, 0.15) is 23.5 Å². The number of carbonyl (C=O) groups excluding carboxylic acids is 1. The van der Waals surface area contributed by atoms with Crippen molar-refractivity contribution >= 4 is 40.3 Å². The molecule has 0 unspecified atom stereocenters. The Hall–Kier alpha value is -3.42. The van der Waals surface area contributed by atoms with Crippen LogP contribution < -0.4 is 11.1 Å². The van der Waals surface area contributed by atoms with E-state index in [1.807, 2.05) is 11.0 Å². The molecule has 1 aromatic carbocycles. The minimum Gasteiger partial charge on any atom is -0.398 e. The Bertz CT molecular complexity index is 988. The van der Waals surface area contributed by atoms with E-state index in [1.54, 1.807) is 18.2 Å². The lowest BCUT2D eigenvalue weighted by Gasteiger charge is -2.13. The fraction of sp³-hybridized carbons (Fsp3) is 0.222. The molecule has 3 heterocycles. The molecule has 0 aliphatic carbocycles. The molecular weight excluding hydrogens is 330 g/mol. The van der Waals surface area contributed by atoms with E-state index in [0.29, 0.717) is 28.4 Å². The number of aromatic nitrogens is 3. The second-order valence-electron chi connectivity index (χ2n) is 6.28. The van der Waals surface area contributed by atoms with Gasteiger partial charge in [0.05, 0.1) is 5.39 Å². The number of aromatic amines is 1. The molecule has 5 N–H and O–H groups in total. The second-order valence-corrected chi connectivity index (χ2v) is 6.28. The molecule has 1 saturated heterocycles. The molecule has 8 heteroatoms. The van der Waals surface area contributed by atoms with Crippen LogP contribution in [0.5, 0.6) is 0 Å². The summed E-state index contributed by atoms with van der Waals surface area (Å²) in [5, 5.41) is 11.4. The molecule has 132 valence electrons. The van der Waals surface area contributed by atoms with Gasteiger partial charge in [0, 0.05) is 36.2 Å². The Morgan fingerprint density at radius 3 is 2.85 bits per heavy atom. The highest BCUT2D eigenvalue weighted by Gasteiger charge is 2.22. The molecule has 0 spiro atoms. The molecule has 0 bridgehead atoms. The molecule has 1 aliphatic heterocycles. The number of likely N-dealkylation sites (tertiary alicyclic amines) is 1. The van der Waals surface area contributed by atoms with Crippen LogP contribution >= 0.6 is 0 Å². The predicted molar refractivity (Wildman–Crippen MR) is 101 cm³/mol. The van der Waals surface area contributed by atoms with Crippen LogP contribution in [-0.4, -0.2) is 45.1 Å². The second kappa shape index (κ2) is 6.47. The molecule has 0 radical (unpaired) electrons. The van der Waals surface area contributed by atoms with Gasteiger partial charge in [-0.2, -0.15) is 0 Å². The van der Waals surface area contributed by atoms with E-state index < -0.39 is 0 Å². The fourth-order valence-corrected chi connectivity index (χ4v) is 3.16. The van der Waals surface area contributed by atoms with Crippen molar-refractivity contribution in [2.45, 2.75) is 12.8 Å². The molecule has 3 aromatic rings. The zero-order valence-corrected chi connectivity index (χ0v) is 14.1. The standard InChI is InChI=1S/C18H19N7O/c19-9-11-7-12(3-4-14(11)20)23-16-13-8-15(24-17(13)22-10-21-16)18(26)25-5-1-2-6-25/h3-4,7-10,19H,1-2,5-6,20H2,(H2,21,22,23,24). The minimum atomic E-state index is -0.00923. The third-order valence-electron chi connectivity index (χ3n) is 4.55. The van der Waals surface area contributed by atoms with Crippen LogP contribution in [0.2, 0.25) is 0 Å². The first-order chi connectivity index (χ1) is 12.7. The average Bonchev–Trinajstić information content (AvgIpc) is 3.33. The summed E-state index contributed by atoms with van der Waals surface area (Å²) in [5.74, 6) is 0.581. The van der Waals surface area contributed by atoms with Gasteiger partial charge in [0.15, 0.2) is 0 Å². The molecular formula is C18H19N7O. The Balaban J connectivity index is 1.67. The summed E-state index contributed by atoms with van der Waals surface area (Å²) in [4.78, 5) is 26.1. The number of anilines is 3. The fourth-order valence-electron chi connectivity index (χ4n) is 3.16. The van der Waals surface area contributed by atoms with Crippen LogP contribution in [0, 0.1) is 5.41 Å². The molecule has 1 amide bonds. The molecule has 0 saturated carbocycles. The summed E-state index contributed by atoms with van der Waals surface area (Å²) < 4.78 is 0. The van der Waals surface area contributed by atoms with Crippen molar-refractivity contribution in [1.82, 2.24) is 19.9 Å². The number of hydrogen-bond donors (Lipinski definition) is 4. The lowest BCUT2D eigenvalue weighted by molar-refractivity contribution is 0.0788. The van der Waals surface area contributed by atoms with Crippen LogP contribution in [0.3, 0.4) is 0 Å². The number of H-pyrrole nitrogens is 1. The largest absolute Gasteiger partial charge is 0.398 e. The smallest absolute Gasteiger partial charge is 0.270 e. The summed E-state index contributed by atoms with van der Waals surface area (Å²) in [6.45, 7) is 1.59. The third-order valence-corrected chi connectivity index (χ3v) is 4.55. The number of fused-ring (bicyclic) bond motifs is 1. The number of amides is 1. The van der Waals surface area contributed by atoms with Crippen molar-refractivity contribution in [3.05, 3.63) is 41.9 Å². The molecule has 26 heavy (non-hydrogen) atoms. The maximum absolute atomic E-state index is 12.6. The van der Waals surface area contributed by atoms with Crippen LogP contribution in [0.25, 0.3) is 11.0 Å². The Morgan fingerprint density at radius 1 is 1.27 bits per heavy atom. The molecule has 1 fully saturated rings. The van der Waals surface area contributed by atoms with Crippen molar-refractivity contribution in [3.63, 3.8) is 0 Å². The van der Waals surface area contributed by atoms with Gasteiger partial charge in [-0.1, -0.05) is 0 Å². The highest BCUT2D eigenvalue weighted by atomic mass is 16.2. The highest BCUT2D eigenvalue weighted by molar-refractivity contribution is 6.00. The van der Waals surface area contributed by atoms with E-state index in [4.69, 9.17) is 11.1 Å². The quantitative estimate of drug-likeness (QED) is 0.425. The predicted octanol–water partition coefficient (Wildman–Crippen LogP) is 2.52. The number of nitrogen functional groups attached to an aromatic ring is 1. The summed E-state index contributed by atoms with van der Waals surface area (Å²) >= 11 is 0. The number of hydrogen-bond acceptors (Lipinski definition) is 6. The first-order valence-corrected chi connectivity index (χ1v) is 8.46. The van der Waals surface area contributed by atoms with Gasteiger partial charge < -0.3 is 26.3 Å². The van der Waals surface area contributed by atoms with E-state index in [0.717, 1.165) is 37.0 Å². The number of benzene rings is 1. The molecule has 1 aliphatic rings. The van der Waals surface area contributed by atoms with Gasteiger partial charge in [-0.05, 0) is 37.1 Å². The number of rotatable bonds is 4. The number of nitrogens with two attached hydrogens (primary N) is 1. The average molecular weight is 349 g/mol. The van der Waals surface area contributed by atoms with Crippen LogP contribution in [-0.2, 0) is 0 Å². The number of nitrogens with zero attached hydrogens (tertiary/aromatic N) is 3. The summed E-state index contributed by atoms with van der Waals surface area (Å²) in [6.07, 6.45) is 4.75. The first kappa shape index (κ1) is 16.1. The Labute approximate surface area is 149 Å². The maximum atomic E-state index is 12.6. The van der Waals surface area contributed by atoms with Gasteiger partial charge >= 0.3 is 0 Å². The summed E-state index contributed by atoms with van der Waals surface area (Å²) in [5.41, 5.74) is 8.87. The van der Waals surface area contributed by atoms with Gasteiger partial charge in [0.25, 0.3) is 5.91 Å². The number of nitrogens with one attached hydrogen (secondary N) is 3. The van der Waals surface area contributed by atoms with Gasteiger partial charge in [-0.25, -0.2) is 9.97 Å². The zero-order chi connectivity index (χ0) is 18.1. The zero-order valence-electron chi connectivity index (χ0n) is 14.1. The molecule has 0 atom stereocenters. The Morgan fingerprint density at radius 2 is 2.08 bits per heavy atom. The van der Waals surface area contributed by atoms with E-state index >= 15 is 0 Å².